The van der Waals surface area contributed by atoms with E-state index in [0.29, 0.717) is 23.2 Å². The maximum absolute atomic E-state index is 15.3. The van der Waals surface area contributed by atoms with Gasteiger partial charge in [-0.25, -0.2) is 13.8 Å². The summed E-state index contributed by atoms with van der Waals surface area (Å²) in [6.45, 7) is 2.46. The smallest absolute Gasteiger partial charge is 0.379 e. The van der Waals surface area contributed by atoms with Crippen LogP contribution < -0.4 is 15.9 Å². The van der Waals surface area contributed by atoms with Crippen LogP contribution in [-0.4, -0.2) is 55.2 Å². The Bertz CT molecular complexity index is 1260. The molecule has 1 saturated heterocycles. The Balaban J connectivity index is 1.48. The number of hydrogen-bond acceptors (Lipinski definition) is 11. The van der Waals surface area contributed by atoms with E-state index in [1.165, 1.54) is 19.2 Å². The Morgan fingerprint density at radius 3 is 2.94 bits per heavy atom. The number of hydrogen-bond donors (Lipinski definition) is 2. The molecule has 2 aromatic heterocycles. The number of alkyl halides is 2. The number of esters is 1. The third-order valence-electron chi connectivity index (χ3n) is 5.62. The Labute approximate surface area is 207 Å². The van der Waals surface area contributed by atoms with Crippen molar-refractivity contribution in [3.05, 3.63) is 45.8 Å². The third kappa shape index (κ3) is 5.12. The fourth-order valence-corrected chi connectivity index (χ4v) is 6.08. The molecule has 0 saturated carbocycles. The number of aromatic nitrogens is 3. The molecule has 0 bridgehead atoms. The first kappa shape index (κ1) is 25.7. The Morgan fingerprint density at radius 2 is 2.26 bits per heavy atom. The van der Waals surface area contributed by atoms with E-state index in [1.54, 1.807) is 13.1 Å². The molecule has 5 atom stereocenters. The van der Waals surface area contributed by atoms with E-state index in [4.69, 9.17) is 24.3 Å². The topological polar surface area (TPSA) is 165 Å². The zero-order valence-electron chi connectivity index (χ0n) is 18.7. The number of pyridine rings is 1. The first-order valence-electron chi connectivity index (χ1n) is 10.5. The van der Waals surface area contributed by atoms with Crippen LogP contribution in [0.2, 0.25) is 0 Å². The minimum absolute atomic E-state index is 0.00778. The summed E-state index contributed by atoms with van der Waals surface area (Å²) in [6.07, 6.45) is -1.63. The van der Waals surface area contributed by atoms with Gasteiger partial charge in [0, 0.05) is 30.4 Å². The molecule has 0 spiro atoms. The van der Waals surface area contributed by atoms with Gasteiger partial charge >= 0.3 is 19.3 Å². The van der Waals surface area contributed by atoms with Crippen LogP contribution in [0.25, 0.3) is 0 Å². The van der Waals surface area contributed by atoms with Crippen LogP contribution in [0.1, 0.15) is 30.0 Å². The number of fused-ring (bicyclic) bond motifs is 1. The van der Waals surface area contributed by atoms with Crippen molar-refractivity contribution in [3.63, 3.8) is 0 Å². The second kappa shape index (κ2) is 9.58. The molecule has 2 aliphatic rings. The zero-order chi connectivity index (χ0) is 25.5. The van der Waals surface area contributed by atoms with Gasteiger partial charge in [-0.2, -0.15) is 4.98 Å². The van der Waals surface area contributed by atoms with E-state index in [-0.39, 0.29) is 24.3 Å². The highest BCUT2D eigenvalue weighted by Crippen LogP contribution is 2.55. The first-order chi connectivity index (χ1) is 16.4. The monoisotopic (exact) mass is 576 g/mol. The predicted molar refractivity (Wildman–Crippen MR) is 123 cm³/mol. The molecule has 0 radical (unpaired) electrons. The van der Waals surface area contributed by atoms with Gasteiger partial charge < -0.3 is 24.8 Å². The van der Waals surface area contributed by atoms with Crippen molar-refractivity contribution in [1.29, 1.82) is 0 Å². The number of nitrogen functional groups attached to an aromatic ring is 1. The number of nitrogens with two attached hydrogens (primary N) is 1. The van der Waals surface area contributed by atoms with Crippen LogP contribution in [-0.2, 0) is 36.4 Å². The Hall–Kier alpha value is -2.38. The standard InChI is InChI=1S/C20H23BrFN4O8P/c1-10-16-13(12(7-24-10)8-31-11(2)27)4-6-35(30,34-16)32-9-14-17(28)20(21,22)18(33-14)26-5-3-15(23)25-19(26)29/h3,5,7,14,17-18,28H,4,6,8-9H2,1-2H3,(H2,23,25,29)/t14-,17+,18-,20?,35?/m1/s1. The predicted octanol–water partition coefficient (Wildman–Crippen LogP) is 1.76. The largest absolute Gasteiger partial charge is 0.461 e. The van der Waals surface area contributed by atoms with E-state index >= 15 is 4.39 Å². The number of rotatable bonds is 6. The summed E-state index contributed by atoms with van der Waals surface area (Å²) in [5.74, 6) is -0.251. The van der Waals surface area contributed by atoms with Crippen LogP contribution in [0, 0.1) is 6.92 Å². The van der Waals surface area contributed by atoms with Crippen molar-refractivity contribution in [2.24, 2.45) is 0 Å². The molecule has 0 amide bonds. The number of aliphatic hydroxyl groups excluding tert-OH is 1. The zero-order valence-corrected chi connectivity index (χ0v) is 21.2. The number of carbonyl (C=O) groups is 1. The molecule has 0 aliphatic carbocycles. The second-order valence-electron chi connectivity index (χ2n) is 8.12. The summed E-state index contributed by atoms with van der Waals surface area (Å²) >= 11 is 2.79. The summed E-state index contributed by atoms with van der Waals surface area (Å²) in [4.78, 5) is 31.0. The average Bonchev–Trinajstić information content (AvgIpc) is 3.01. The number of anilines is 1. The number of aryl methyl sites for hydroxylation is 1. The fourth-order valence-electron chi connectivity index (χ4n) is 3.80. The molecule has 12 nitrogen and oxygen atoms in total. The maximum atomic E-state index is 15.3. The molecule has 15 heteroatoms. The Morgan fingerprint density at radius 1 is 1.51 bits per heavy atom. The summed E-state index contributed by atoms with van der Waals surface area (Å²) in [5.41, 5.74) is 6.37. The molecule has 190 valence electrons. The van der Waals surface area contributed by atoms with Gasteiger partial charge in [-0.3, -0.25) is 18.9 Å². The minimum Gasteiger partial charge on any atom is -0.461 e. The molecule has 2 aromatic rings. The van der Waals surface area contributed by atoms with E-state index in [1.807, 2.05) is 0 Å². The van der Waals surface area contributed by atoms with E-state index < -0.39 is 48.9 Å². The highest BCUT2D eigenvalue weighted by atomic mass is 79.9. The Kier molecular flexibility index (Phi) is 7.04. The van der Waals surface area contributed by atoms with Crippen molar-refractivity contribution < 1.29 is 37.4 Å². The van der Waals surface area contributed by atoms with E-state index in [9.17, 15) is 19.3 Å². The SMILES string of the molecule is CC(=O)OCc1cnc(C)c2c1CCP(=O)(OC[C@H]1O[C@@H](n3ccc(N)nc3=O)C(F)(Br)[C@H]1O)O2. The van der Waals surface area contributed by atoms with Gasteiger partial charge in [-0.15, -0.1) is 0 Å². The molecular weight excluding hydrogens is 554 g/mol. The third-order valence-corrected chi connectivity index (χ3v) is 8.26. The molecule has 4 heterocycles. The van der Waals surface area contributed by atoms with Gasteiger partial charge in [-0.1, -0.05) is 0 Å². The lowest BCUT2D eigenvalue weighted by Gasteiger charge is -2.28. The van der Waals surface area contributed by atoms with Crippen molar-refractivity contribution in [2.45, 2.75) is 49.9 Å². The van der Waals surface area contributed by atoms with Gasteiger partial charge in [0.05, 0.1) is 18.5 Å². The van der Waals surface area contributed by atoms with E-state index in [2.05, 4.69) is 25.9 Å². The number of ether oxygens (including phenoxy) is 2. The van der Waals surface area contributed by atoms with Crippen LogP contribution in [0.15, 0.2) is 23.3 Å². The number of aliphatic hydroxyl groups is 1. The van der Waals surface area contributed by atoms with Crippen molar-refractivity contribution in [2.75, 3.05) is 18.5 Å². The molecule has 2 unspecified atom stereocenters. The molecule has 3 N–H and O–H groups in total. The van der Waals surface area contributed by atoms with Crippen LogP contribution >= 0.6 is 23.5 Å². The van der Waals surface area contributed by atoms with Crippen molar-refractivity contribution in [3.8, 4) is 5.75 Å². The summed E-state index contributed by atoms with van der Waals surface area (Å²) < 4.78 is 48.7. The number of halogens is 2. The molecule has 4 rings (SSSR count). The molecule has 2 aliphatic heterocycles. The quantitative estimate of drug-likeness (QED) is 0.292. The highest BCUT2D eigenvalue weighted by Gasteiger charge is 2.57. The second-order valence-corrected chi connectivity index (χ2v) is 11.4. The fraction of sp³-hybridized carbons (Fsp3) is 0.500. The van der Waals surface area contributed by atoms with E-state index in [0.717, 1.165) is 4.57 Å². The van der Waals surface area contributed by atoms with Gasteiger partial charge in [0.15, 0.2) is 12.0 Å². The summed E-state index contributed by atoms with van der Waals surface area (Å²) in [5, 5.41) is 10.5. The van der Waals surface area contributed by atoms with Crippen molar-refractivity contribution in [1.82, 2.24) is 14.5 Å². The normalized spacial score (nSPS) is 29.9. The first-order valence-corrected chi connectivity index (χ1v) is 13.0. The highest BCUT2D eigenvalue weighted by molar-refractivity contribution is 9.10. The molecule has 35 heavy (non-hydrogen) atoms. The molecule has 0 aromatic carbocycles. The minimum atomic E-state index is -3.73. The lowest BCUT2D eigenvalue weighted by molar-refractivity contribution is -0.142. The van der Waals surface area contributed by atoms with Crippen LogP contribution in [0.3, 0.4) is 0 Å². The van der Waals surface area contributed by atoms with Gasteiger partial charge in [0.2, 0.25) is 4.58 Å². The summed E-state index contributed by atoms with van der Waals surface area (Å²) in [7, 11) is -3.73. The lowest BCUT2D eigenvalue weighted by atomic mass is 10.1. The van der Waals surface area contributed by atoms with Gasteiger partial charge in [-0.05, 0) is 35.3 Å². The number of nitrogens with zero attached hydrogens (tertiary/aromatic N) is 3. The number of carbonyl (C=O) groups excluding carboxylic acids is 1. The van der Waals surface area contributed by atoms with Gasteiger partial charge in [0.25, 0.3) is 0 Å². The van der Waals surface area contributed by atoms with Gasteiger partial charge in [0.1, 0.15) is 24.6 Å². The maximum Gasteiger partial charge on any atom is 0.379 e. The van der Waals surface area contributed by atoms with Crippen molar-refractivity contribution >= 4 is 35.3 Å². The average molecular weight is 577 g/mol. The molecule has 1 fully saturated rings. The van der Waals surface area contributed by atoms with Crippen LogP contribution in [0.4, 0.5) is 10.2 Å². The van der Waals surface area contributed by atoms with Crippen LogP contribution in [0.5, 0.6) is 5.75 Å². The summed E-state index contributed by atoms with van der Waals surface area (Å²) in [6, 6.07) is 1.28. The molecular formula is C20H23BrFN4O8P. The lowest BCUT2D eigenvalue weighted by Crippen LogP contribution is -2.40.